The van der Waals surface area contributed by atoms with Gasteiger partial charge in [0, 0.05) is 0 Å². The van der Waals surface area contributed by atoms with Crippen molar-refractivity contribution in [2.75, 3.05) is 0 Å². The molecule has 0 aliphatic heterocycles. The van der Waals surface area contributed by atoms with Crippen molar-refractivity contribution in [2.45, 2.75) is 20.8 Å². The Labute approximate surface area is 82.7 Å². The van der Waals surface area contributed by atoms with Gasteiger partial charge in [0.1, 0.15) is 5.75 Å². The van der Waals surface area contributed by atoms with Gasteiger partial charge < -0.3 is 5.11 Å². The number of benzene rings is 1. The number of phenols is 1. The molecule has 0 unspecified atom stereocenters. The molecule has 4 nitrogen and oxygen atoms in total. The minimum Gasteiger partial charge on any atom is -0.507 e. The van der Waals surface area contributed by atoms with Crippen LogP contribution in [0.15, 0.2) is 6.07 Å². The molecule has 0 bridgehead atoms. The molecule has 1 rings (SSSR count). The van der Waals surface area contributed by atoms with Crippen LogP contribution in [0, 0.1) is 20.8 Å². The lowest BCUT2D eigenvalue weighted by molar-refractivity contribution is 0.0950. The van der Waals surface area contributed by atoms with Crippen molar-refractivity contribution in [3.8, 4) is 5.75 Å². The smallest absolute Gasteiger partial charge is 0.269 e. The molecule has 0 aliphatic rings. The number of aromatic hydroxyl groups is 1. The van der Waals surface area contributed by atoms with Gasteiger partial charge in [-0.25, -0.2) is 5.84 Å². The molecule has 76 valence electrons. The number of carbonyl (C=O) groups excluding carboxylic acids is 1. The minimum absolute atomic E-state index is 0.0337. The summed E-state index contributed by atoms with van der Waals surface area (Å²) < 4.78 is 0. The Kier molecular flexibility index (Phi) is 2.76. The van der Waals surface area contributed by atoms with E-state index in [-0.39, 0.29) is 11.3 Å². The van der Waals surface area contributed by atoms with Crippen molar-refractivity contribution >= 4 is 5.91 Å². The van der Waals surface area contributed by atoms with Gasteiger partial charge in [-0.3, -0.25) is 10.2 Å². The van der Waals surface area contributed by atoms with Gasteiger partial charge in [-0.1, -0.05) is 0 Å². The van der Waals surface area contributed by atoms with E-state index in [1.807, 2.05) is 19.3 Å². The number of hydrogen-bond acceptors (Lipinski definition) is 3. The third-order valence-corrected chi connectivity index (χ3v) is 2.50. The Morgan fingerprint density at radius 3 is 2.43 bits per heavy atom. The van der Waals surface area contributed by atoms with Gasteiger partial charge in [0.05, 0.1) is 5.56 Å². The second kappa shape index (κ2) is 3.67. The van der Waals surface area contributed by atoms with E-state index in [4.69, 9.17) is 5.84 Å². The fraction of sp³-hybridized carbons (Fsp3) is 0.300. The van der Waals surface area contributed by atoms with Crippen molar-refractivity contribution in [3.63, 3.8) is 0 Å². The van der Waals surface area contributed by atoms with E-state index in [0.29, 0.717) is 0 Å². The van der Waals surface area contributed by atoms with Crippen LogP contribution in [0.2, 0.25) is 0 Å². The van der Waals surface area contributed by atoms with E-state index in [9.17, 15) is 9.90 Å². The number of nitrogens with one attached hydrogen (secondary N) is 1. The Hall–Kier alpha value is -1.55. The second-order valence-corrected chi connectivity index (χ2v) is 3.31. The summed E-state index contributed by atoms with van der Waals surface area (Å²) in [6, 6.07) is 1.56. The minimum atomic E-state index is -0.469. The Morgan fingerprint density at radius 1 is 1.36 bits per heavy atom. The molecule has 1 amide bonds. The van der Waals surface area contributed by atoms with E-state index in [1.54, 1.807) is 13.0 Å². The highest BCUT2D eigenvalue weighted by Gasteiger charge is 2.15. The normalized spacial score (nSPS) is 10.0. The van der Waals surface area contributed by atoms with Crippen LogP contribution in [0.1, 0.15) is 27.0 Å². The summed E-state index contributed by atoms with van der Waals surface area (Å²) in [5.74, 6) is 4.52. The molecule has 0 atom stereocenters. The van der Waals surface area contributed by atoms with Crippen LogP contribution in [-0.2, 0) is 0 Å². The first-order chi connectivity index (χ1) is 6.49. The second-order valence-electron chi connectivity index (χ2n) is 3.31. The van der Waals surface area contributed by atoms with Gasteiger partial charge in [-0.2, -0.15) is 0 Å². The Morgan fingerprint density at radius 2 is 1.93 bits per heavy atom. The van der Waals surface area contributed by atoms with Crippen molar-refractivity contribution < 1.29 is 9.90 Å². The zero-order chi connectivity index (χ0) is 10.9. The molecule has 4 heteroatoms. The SMILES string of the molecule is Cc1cc(O)c(C(=O)NN)c(C)c1C. The fourth-order valence-electron chi connectivity index (χ4n) is 1.42. The summed E-state index contributed by atoms with van der Waals surface area (Å²) in [6.07, 6.45) is 0. The molecule has 0 aromatic heterocycles. The number of hydrogen-bond donors (Lipinski definition) is 3. The number of rotatable bonds is 1. The van der Waals surface area contributed by atoms with Crippen LogP contribution < -0.4 is 11.3 Å². The third-order valence-electron chi connectivity index (χ3n) is 2.50. The van der Waals surface area contributed by atoms with Gasteiger partial charge >= 0.3 is 0 Å². The molecular weight excluding hydrogens is 180 g/mol. The van der Waals surface area contributed by atoms with Gasteiger partial charge in [-0.05, 0) is 43.5 Å². The highest BCUT2D eigenvalue weighted by atomic mass is 16.3. The lowest BCUT2D eigenvalue weighted by Crippen LogP contribution is -2.30. The van der Waals surface area contributed by atoms with Crippen molar-refractivity contribution in [2.24, 2.45) is 5.84 Å². The molecule has 0 saturated heterocycles. The number of nitrogen functional groups attached to an aromatic ring is 1. The average molecular weight is 194 g/mol. The molecule has 0 saturated carbocycles. The van der Waals surface area contributed by atoms with E-state index in [2.05, 4.69) is 0 Å². The van der Waals surface area contributed by atoms with Crippen molar-refractivity contribution in [1.29, 1.82) is 0 Å². The summed E-state index contributed by atoms with van der Waals surface area (Å²) in [7, 11) is 0. The fourth-order valence-corrected chi connectivity index (χ4v) is 1.42. The zero-order valence-corrected chi connectivity index (χ0v) is 8.51. The number of carbonyl (C=O) groups is 1. The molecule has 1 aromatic rings. The van der Waals surface area contributed by atoms with Gasteiger partial charge in [0.25, 0.3) is 5.91 Å². The molecule has 0 heterocycles. The van der Waals surface area contributed by atoms with Crippen LogP contribution >= 0.6 is 0 Å². The lowest BCUT2D eigenvalue weighted by atomic mass is 9.97. The predicted molar refractivity (Wildman–Crippen MR) is 54.0 cm³/mol. The number of phenolic OH excluding ortho intramolecular Hbond substituents is 1. The molecule has 0 aliphatic carbocycles. The first kappa shape index (κ1) is 10.5. The molecule has 4 N–H and O–H groups in total. The van der Waals surface area contributed by atoms with Crippen LogP contribution in [0.4, 0.5) is 0 Å². The van der Waals surface area contributed by atoms with E-state index in [1.165, 1.54) is 0 Å². The lowest BCUT2D eigenvalue weighted by Gasteiger charge is -2.11. The maximum atomic E-state index is 11.3. The number of hydrazine groups is 1. The maximum Gasteiger partial charge on any atom is 0.269 e. The molecule has 14 heavy (non-hydrogen) atoms. The topological polar surface area (TPSA) is 75.3 Å². The summed E-state index contributed by atoms with van der Waals surface area (Å²) in [4.78, 5) is 11.3. The standard InChI is InChI=1S/C10H14N2O2/c1-5-4-8(13)9(10(14)12-11)7(3)6(5)2/h4,13H,11H2,1-3H3,(H,12,14). The largest absolute Gasteiger partial charge is 0.507 e. The van der Waals surface area contributed by atoms with Crippen LogP contribution in [0.3, 0.4) is 0 Å². The number of nitrogens with two attached hydrogens (primary N) is 1. The van der Waals surface area contributed by atoms with Gasteiger partial charge in [0.15, 0.2) is 0 Å². The molecule has 0 spiro atoms. The van der Waals surface area contributed by atoms with Gasteiger partial charge in [0.2, 0.25) is 0 Å². The highest BCUT2D eigenvalue weighted by Crippen LogP contribution is 2.26. The predicted octanol–water partition coefficient (Wildman–Crippen LogP) is 0.921. The average Bonchev–Trinajstić information content (AvgIpc) is 2.14. The van der Waals surface area contributed by atoms with E-state index >= 15 is 0 Å². The Balaban J connectivity index is 3.44. The van der Waals surface area contributed by atoms with Crippen LogP contribution in [0.25, 0.3) is 0 Å². The molecule has 1 aromatic carbocycles. The summed E-state index contributed by atoms with van der Waals surface area (Å²) in [5.41, 5.74) is 4.95. The van der Waals surface area contributed by atoms with Crippen molar-refractivity contribution in [3.05, 3.63) is 28.3 Å². The summed E-state index contributed by atoms with van der Waals surface area (Å²) >= 11 is 0. The van der Waals surface area contributed by atoms with Gasteiger partial charge in [-0.15, -0.1) is 0 Å². The highest BCUT2D eigenvalue weighted by molar-refractivity contribution is 5.98. The monoisotopic (exact) mass is 194 g/mol. The quantitative estimate of drug-likeness (QED) is 0.353. The van der Waals surface area contributed by atoms with E-state index < -0.39 is 5.91 Å². The summed E-state index contributed by atoms with van der Waals surface area (Å²) in [5, 5.41) is 9.58. The van der Waals surface area contributed by atoms with Crippen LogP contribution in [0.5, 0.6) is 5.75 Å². The molecule has 0 fully saturated rings. The maximum absolute atomic E-state index is 11.3. The Bertz CT molecular complexity index is 386. The first-order valence-corrected chi connectivity index (χ1v) is 4.29. The third kappa shape index (κ3) is 1.56. The zero-order valence-electron chi connectivity index (χ0n) is 8.51. The molecule has 0 radical (unpaired) electrons. The van der Waals surface area contributed by atoms with Crippen molar-refractivity contribution in [1.82, 2.24) is 5.43 Å². The van der Waals surface area contributed by atoms with Crippen LogP contribution in [-0.4, -0.2) is 11.0 Å². The number of amides is 1. The number of aryl methyl sites for hydroxylation is 1. The molecular formula is C10H14N2O2. The summed E-state index contributed by atoms with van der Waals surface area (Å²) in [6.45, 7) is 5.57. The van der Waals surface area contributed by atoms with E-state index in [0.717, 1.165) is 16.7 Å². The first-order valence-electron chi connectivity index (χ1n) is 4.29.